The van der Waals surface area contributed by atoms with E-state index in [4.69, 9.17) is 10.8 Å². The molecule has 1 aliphatic heterocycles. The molecule has 17 heteroatoms. The summed E-state index contributed by atoms with van der Waals surface area (Å²) in [6, 6.07) is -7.30. The van der Waals surface area contributed by atoms with E-state index in [-0.39, 0.29) is 25.8 Å². The van der Waals surface area contributed by atoms with Crippen LogP contribution in [0.25, 0.3) is 0 Å². The van der Waals surface area contributed by atoms with Gasteiger partial charge < -0.3 is 47.2 Å². The smallest absolute Gasteiger partial charge is 0.326 e. The van der Waals surface area contributed by atoms with Crippen molar-refractivity contribution in [1.82, 2.24) is 26.2 Å². The molecule has 17 nitrogen and oxygen atoms in total. The number of carboxylic acids is 3. The molecule has 0 aromatic carbocycles. The molecule has 0 aromatic rings. The molecular weight excluding hydrogens is 596 g/mol. The van der Waals surface area contributed by atoms with Crippen LogP contribution in [0.5, 0.6) is 0 Å². The molecule has 5 amide bonds. The molecule has 1 saturated heterocycles. The summed E-state index contributed by atoms with van der Waals surface area (Å²) in [7, 11) is 0. The third-order valence-corrected chi connectivity index (χ3v) is 7.27. The van der Waals surface area contributed by atoms with Gasteiger partial charge in [0.15, 0.2) is 0 Å². The van der Waals surface area contributed by atoms with E-state index in [1.807, 2.05) is 0 Å². The molecule has 1 rings (SSSR count). The number of nitrogens with two attached hydrogens (primary N) is 1. The zero-order chi connectivity index (χ0) is 34.6. The molecule has 0 spiro atoms. The number of carbonyl (C=O) groups excluding carboxylic acids is 5. The monoisotopic (exact) mass is 642 g/mol. The number of nitrogens with zero attached hydrogens (tertiary/aromatic N) is 1. The van der Waals surface area contributed by atoms with E-state index in [9.17, 15) is 48.6 Å². The Morgan fingerprint density at radius 3 is 1.69 bits per heavy atom. The number of likely N-dealkylation sites (tertiary alicyclic amines) is 1. The largest absolute Gasteiger partial charge is 0.481 e. The van der Waals surface area contributed by atoms with Crippen LogP contribution >= 0.6 is 0 Å². The Morgan fingerprint density at radius 2 is 1.22 bits per heavy atom. The summed E-state index contributed by atoms with van der Waals surface area (Å²) in [6.45, 7) is 7.95. The summed E-state index contributed by atoms with van der Waals surface area (Å²) < 4.78 is 0. The maximum absolute atomic E-state index is 13.7. The SMILES string of the molecule is CC(C)[C@H](NC(=O)[C@@H](NC(=O)[C@@H]1CCCN1C(=O)[C@H](CCC(=O)O)NC(=O)[C@H](CCC(=O)O)NC(=O)[C@H](C)N)C(C)C)C(=O)O. The van der Waals surface area contributed by atoms with Crippen LogP contribution in [0.15, 0.2) is 0 Å². The Hall–Kier alpha value is -4.28. The van der Waals surface area contributed by atoms with Crippen LogP contribution in [-0.4, -0.2) is 110 Å². The van der Waals surface area contributed by atoms with Crippen molar-refractivity contribution in [3.63, 3.8) is 0 Å². The normalized spacial score (nSPS) is 17.9. The summed E-state index contributed by atoms with van der Waals surface area (Å²) in [4.78, 5) is 101. The van der Waals surface area contributed by atoms with E-state index in [1.54, 1.807) is 27.7 Å². The number of hydrogen-bond acceptors (Lipinski definition) is 9. The Balaban J connectivity index is 3.20. The van der Waals surface area contributed by atoms with Gasteiger partial charge in [-0.25, -0.2) is 4.79 Å². The first-order chi connectivity index (χ1) is 20.9. The molecule has 6 atom stereocenters. The highest BCUT2D eigenvalue weighted by molar-refractivity contribution is 5.97. The number of amides is 5. The van der Waals surface area contributed by atoms with E-state index in [0.29, 0.717) is 6.42 Å². The second kappa shape index (κ2) is 17.9. The second-order valence-corrected chi connectivity index (χ2v) is 11.8. The molecule has 0 saturated carbocycles. The Kier molecular flexibility index (Phi) is 15.4. The van der Waals surface area contributed by atoms with E-state index in [1.165, 1.54) is 11.8 Å². The molecule has 0 unspecified atom stereocenters. The van der Waals surface area contributed by atoms with E-state index >= 15 is 0 Å². The lowest BCUT2D eigenvalue weighted by atomic mass is 9.99. The van der Waals surface area contributed by atoms with Gasteiger partial charge in [0, 0.05) is 19.4 Å². The van der Waals surface area contributed by atoms with Crippen LogP contribution in [0.2, 0.25) is 0 Å². The minimum atomic E-state index is -1.45. The molecule has 9 N–H and O–H groups in total. The highest BCUT2D eigenvalue weighted by atomic mass is 16.4. The zero-order valence-electron chi connectivity index (χ0n) is 26.2. The van der Waals surface area contributed by atoms with Crippen molar-refractivity contribution in [2.75, 3.05) is 6.54 Å². The molecule has 0 aliphatic carbocycles. The first-order valence-electron chi connectivity index (χ1n) is 14.8. The summed E-state index contributed by atoms with van der Waals surface area (Å²) >= 11 is 0. The maximum atomic E-state index is 13.7. The molecule has 45 heavy (non-hydrogen) atoms. The van der Waals surface area contributed by atoms with Gasteiger partial charge >= 0.3 is 17.9 Å². The van der Waals surface area contributed by atoms with Crippen molar-refractivity contribution in [2.45, 2.75) is 109 Å². The van der Waals surface area contributed by atoms with Gasteiger partial charge in [-0.05, 0) is 44.4 Å². The summed E-state index contributed by atoms with van der Waals surface area (Å²) in [5, 5.41) is 37.5. The fourth-order valence-electron chi connectivity index (χ4n) is 4.68. The first-order valence-corrected chi connectivity index (χ1v) is 14.8. The maximum Gasteiger partial charge on any atom is 0.326 e. The third-order valence-electron chi connectivity index (χ3n) is 7.27. The van der Waals surface area contributed by atoms with E-state index < -0.39 is 108 Å². The van der Waals surface area contributed by atoms with Gasteiger partial charge in [0.05, 0.1) is 6.04 Å². The van der Waals surface area contributed by atoms with Crippen LogP contribution < -0.4 is 27.0 Å². The molecule has 1 fully saturated rings. The van der Waals surface area contributed by atoms with Gasteiger partial charge in [-0.2, -0.15) is 0 Å². The number of hydrogen-bond donors (Lipinski definition) is 8. The summed E-state index contributed by atoms with van der Waals surface area (Å²) in [6.07, 6.45) is -1.19. The fraction of sp³-hybridized carbons (Fsp3) is 0.714. The molecule has 1 aliphatic rings. The van der Waals surface area contributed by atoms with Gasteiger partial charge in [0.25, 0.3) is 0 Å². The van der Waals surface area contributed by atoms with Crippen molar-refractivity contribution in [2.24, 2.45) is 17.6 Å². The second-order valence-electron chi connectivity index (χ2n) is 11.8. The third kappa shape index (κ3) is 12.3. The van der Waals surface area contributed by atoms with Crippen molar-refractivity contribution in [3.05, 3.63) is 0 Å². The molecule has 254 valence electrons. The van der Waals surface area contributed by atoms with Gasteiger partial charge in [-0.1, -0.05) is 27.7 Å². The summed E-state index contributed by atoms with van der Waals surface area (Å²) in [5.74, 6) is -8.54. The topological polar surface area (TPSA) is 275 Å². The molecule has 0 bridgehead atoms. The van der Waals surface area contributed by atoms with Crippen LogP contribution in [0.4, 0.5) is 0 Å². The number of aliphatic carboxylic acids is 3. The van der Waals surface area contributed by atoms with Gasteiger partial charge in [0.2, 0.25) is 29.5 Å². The molecule has 0 aromatic heterocycles. The highest BCUT2D eigenvalue weighted by Crippen LogP contribution is 2.21. The Morgan fingerprint density at radius 1 is 0.711 bits per heavy atom. The van der Waals surface area contributed by atoms with Crippen molar-refractivity contribution >= 4 is 47.4 Å². The lowest BCUT2D eigenvalue weighted by Gasteiger charge is -2.31. The number of nitrogens with one attached hydrogen (secondary N) is 4. The van der Waals surface area contributed by atoms with Crippen LogP contribution in [0.1, 0.15) is 73.1 Å². The molecular formula is C28H46N6O11. The van der Waals surface area contributed by atoms with Crippen LogP contribution in [-0.2, 0) is 38.4 Å². The predicted molar refractivity (Wildman–Crippen MR) is 157 cm³/mol. The van der Waals surface area contributed by atoms with E-state index in [0.717, 1.165) is 0 Å². The van der Waals surface area contributed by atoms with E-state index in [2.05, 4.69) is 21.3 Å². The van der Waals surface area contributed by atoms with Crippen LogP contribution in [0.3, 0.4) is 0 Å². The Labute approximate surface area is 261 Å². The minimum Gasteiger partial charge on any atom is -0.481 e. The average Bonchev–Trinajstić information content (AvgIpc) is 3.43. The quantitative estimate of drug-likeness (QED) is 0.0839. The number of rotatable bonds is 18. The standard InChI is InChI=1S/C28H46N6O11/c1-13(2)21(26(42)33-22(14(3)4)28(44)45)32-25(41)18-7-6-12-34(18)27(43)17(9-11-20(37)38)31-24(40)16(8-10-19(35)36)30-23(39)15(5)29/h13-18,21-22H,6-12,29H2,1-5H3,(H,30,39)(H,31,40)(H,32,41)(H,33,42)(H,35,36)(H,37,38)(H,44,45)/t15-,16-,17-,18-,21-,22-/m0/s1. The first kappa shape index (κ1) is 38.7. The highest BCUT2D eigenvalue weighted by Gasteiger charge is 2.40. The van der Waals surface area contributed by atoms with Gasteiger partial charge in [-0.3, -0.25) is 33.6 Å². The predicted octanol–water partition coefficient (Wildman–Crippen LogP) is -1.61. The molecule has 0 radical (unpaired) electrons. The van der Waals surface area contributed by atoms with Crippen LogP contribution in [0, 0.1) is 11.8 Å². The fourth-order valence-corrected chi connectivity index (χ4v) is 4.68. The zero-order valence-corrected chi connectivity index (χ0v) is 26.2. The molecule has 1 heterocycles. The average molecular weight is 643 g/mol. The van der Waals surface area contributed by atoms with Crippen molar-refractivity contribution in [3.8, 4) is 0 Å². The Bertz CT molecular complexity index is 1130. The minimum absolute atomic E-state index is 0.0766. The lowest BCUT2D eigenvalue weighted by Crippen LogP contribution is -2.60. The van der Waals surface area contributed by atoms with Crippen molar-refractivity contribution in [1.29, 1.82) is 0 Å². The van der Waals surface area contributed by atoms with Gasteiger partial charge in [-0.15, -0.1) is 0 Å². The van der Waals surface area contributed by atoms with Gasteiger partial charge in [0.1, 0.15) is 30.2 Å². The number of carbonyl (C=O) groups is 8. The lowest BCUT2D eigenvalue weighted by molar-refractivity contribution is -0.145. The number of carboxylic acid groups (broad SMARTS) is 3. The van der Waals surface area contributed by atoms with Crippen molar-refractivity contribution < 1.29 is 53.7 Å². The summed E-state index contributed by atoms with van der Waals surface area (Å²) in [5.41, 5.74) is 5.54.